The van der Waals surface area contributed by atoms with Crippen molar-refractivity contribution in [1.82, 2.24) is 0 Å². The average molecular weight is 242 g/mol. The van der Waals surface area contributed by atoms with Crippen LogP contribution in [0, 0.1) is 22.7 Å². The van der Waals surface area contributed by atoms with E-state index < -0.39 is 0 Å². The Hall–Kier alpha value is -1.88. The lowest BCUT2D eigenvalue weighted by Gasteiger charge is -1.98. The van der Waals surface area contributed by atoms with Crippen molar-refractivity contribution in [1.29, 1.82) is 10.5 Å². The lowest BCUT2D eigenvalue weighted by Crippen LogP contribution is -1.85. The average Bonchev–Trinajstić information content (AvgIpc) is 2.97. The summed E-state index contributed by atoms with van der Waals surface area (Å²) in [4.78, 5) is 0. The van der Waals surface area contributed by atoms with E-state index in [0.717, 1.165) is 11.1 Å². The molecule has 16 heavy (non-hydrogen) atoms. The maximum atomic E-state index is 9.15. The summed E-state index contributed by atoms with van der Waals surface area (Å²) in [6, 6.07) is 7.93. The normalized spacial score (nSPS) is 11.4. The zero-order valence-corrected chi connectivity index (χ0v) is 9.81. The van der Waals surface area contributed by atoms with Gasteiger partial charge in [-0.1, -0.05) is 0 Å². The van der Waals surface area contributed by atoms with Gasteiger partial charge < -0.3 is 0 Å². The summed E-state index contributed by atoms with van der Waals surface area (Å²) in [6.45, 7) is 0. The third-order valence-electron chi connectivity index (χ3n) is 2.09. The zero-order chi connectivity index (χ0) is 11.4. The van der Waals surface area contributed by atoms with Crippen LogP contribution in [0.2, 0.25) is 0 Å². The van der Waals surface area contributed by atoms with Gasteiger partial charge in [-0.25, -0.2) is 0 Å². The van der Waals surface area contributed by atoms with Gasteiger partial charge in [0.05, 0.1) is 11.1 Å². The van der Waals surface area contributed by atoms with Gasteiger partial charge in [-0.05, 0) is 33.7 Å². The first kappa shape index (κ1) is 10.6. The first-order valence-corrected chi connectivity index (χ1v) is 6.35. The molecule has 0 spiro atoms. The third-order valence-corrected chi connectivity index (χ3v) is 3.46. The van der Waals surface area contributed by atoms with Gasteiger partial charge in [-0.15, -0.1) is 0 Å². The van der Waals surface area contributed by atoms with E-state index in [9.17, 15) is 0 Å². The smallest absolute Gasteiger partial charge is 0.101 e. The van der Waals surface area contributed by atoms with E-state index in [0.29, 0.717) is 11.1 Å². The second kappa shape index (κ2) is 4.76. The highest BCUT2D eigenvalue weighted by molar-refractivity contribution is 7.08. The monoisotopic (exact) mass is 242 g/mol. The molecule has 2 heterocycles. The molecule has 0 aromatic carbocycles. The quantitative estimate of drug-likeness (QED) is 0.753. The molecule has 0 saturated carbocycles. The van der Waals surface area contributed by atoms with Crippen LogP contribution in [0.3, 0.4) is 0 Å². The Labute approximate surface area is 101 Å². The number of thiophene rings is 2. The van der Waals surface area contributed by atoms with Gasteiger partial charge in [0.15, 0.2) is 0 Å². The number of nitrogens with zero attached hydrogens (tertiary/aromatic N) is 2. The molecule has 0 aliphatic heterocycles. The molecule has 2 aromatic heterocycles. The second-order valence-electron chi connectivity index (χ2n) is 3.00. The van der Waals surface area contributed by atoms with Crippen LogP contribution in [0.1, 0.15) is 11.1 Å². The van der Waals surface area contributed by atoms with Crippen LogP contribution < -0.4 is 0 Å². The van der Waals surface area contributed by atoms with Crippen LogP contribution in [0.5, 0.6) is 0 Å². The molecular formula is C12H6N2S2. The molecule has 0 bridgehead atoms. The van der Waals surface area contributed by atoms with Crippen LogP contribution in [-0.2, 0) is 0 Å². The standard InChI is InChI=1S/C12H6N2S2/c13-5-11(9-1-3-15-7-9)12(6-14)10-2-4-16-8-10/h1-4,7-8H/b12-11+. The zero-order valence-electron chi connectivity index (χ0n) is 8.18. The second-order valence-corrected chi connectivity index (χ2v) is 4.56. The maximum Gasteiger partial charge on any atom is 0.101 e. The van der Waals surface area contributed by atoms with Crippen LogP contribution in [0.15, 0.2) is 33.7 Å². The molecule has 2 rings (SSSR count). The van der Waals surface area contributed by atoms with Crippen molar-refractivity contribution in [3.05, 3.63) is 44.8 Å². The molecule has 0 saturated heterocycles. The van der Waals surface area contributed by atoms with Crippen LogP contribution in [0.4, 0.5) is 0 Å². The molecule has 0 aliphatic rings. The maximum absolute atomic E-state index is 9.15. The first-order valence-electron chi connectivity index (χ1n) is 4.46. The Morgan fingerprint density at radius 2 is 1.31 bits per heavy atom. The highest BCUT2D eigenvalue weighted by Crippen LogP contribution is 2.27. The molecule has 0 radical (unpaired) electrons. The van der Waals surface area contributed by atoms with Crippen molar-refractivity contribution >= 4 is 33.8 Å². The van der Waals surface area contributed by atoms with E-state index in [2.05, 4.69) is 12.1 Å². The number of allylic oxidation sites excluding steroid dienone is 2. The van der Waals surface area contributed by atoms with E-state index >= 15 is 0 Å². The molecule has 4 heteroatoms. The summed E-state index contributed by atoms with van der Waals surface area (Å²) in [5.74, 6) is 0. The summed E-state index contributed by atoms with van der Waals surface area (Å²) in [7, 11) is 0. The van der Waals surface area contributed by atoms with Crippen molar-refractivity contribution in [2.75, 3.05) is 0 Å². The fourth-order valence-corrected chi connectivity index (χ4v) is 2.64. The highest BCUT2D eigenvalue weighted by atomic mass is 32.1. The first-order chi connectivity index (χ1) is 7.86. The topological polar surface area (TPSA) is 47.6 Å². The van der Waals surface area contributed by atoms with E-state index in [1.165, 1.54) is 22.7 Å². The SMILES string of the molecule is N#C/C(=C(/C#N)c1ccsc1)c1ccsc1. The highest BCUT2D eigenvalue weighted by Gasteiger charge is 2.11. The predicted molar refractivity (Wildman–Crippen MR) is 66.7 cm³/mol. The van der Waals surface area contributed by atoms with Gasteiger partial charge in [0.25, 0.3) is 0 Å². The number of nitriles is 2. The van der Waals surface area contributed by atoms with E-state index in [1.807, 2.05) is 33.7 Å². The van der Waals surface area contributed by atoms with Gasteiger partial charge in [0, 0.05) is 11.1 Å². The molecular weight excluding hydrogens is 236 g/mol. The van der Waals surface area contributed by atoms with Crippen LogP contribution in [-0.4, -0.2) is 0 Å². The lowest BCUT2D eigenvalue weighted by atomic mass is 10.0. The van der Waals surface area contributed by atoms with E-state index in [4.69, 9.17) is 10.5 Å². The van der Waals surface area contributed by atoms with Gasteiger partial charge in [-0.3, -0.25) is 0 Å². The summed E-state index contributed by atoms with van der Waals surface area (Å²) < 4.78 is 0. The van der Waals surface area contributed by atoms with Crippen molar-refractivity contribution in [3.8, 4) is 12.1 Å². The summed E-state index contributed by atoms with van der Waals surface area (Å²) in [5, 5.41) is 25.8. The number of hydrogen-bond acceptors (Lipinski definition) is 4. The predicted octanol–water partition coefficient (Wildman–Crippen LogP) is 3.77. The molecule has 2 aromatic rings. The third kappa shape index (κ3) is 1.90. The molecule has 0 amide bonds. The fourth-order valence-electron chi connectivity index (χ4n) is 1.34. The molecule has 0 N–H and O–H groups in total. The summed E-state index contributed by atoms with van der Waals surface area (Å²) >= 11 is 3.03. The summed E-state index contributed by atoms with van der Waals surface area (Å²) in [5.41, 5.74) is 2.52. The minimum absolute atomic E-state index is 0.446. The van der Waals surface area contributed by atoms with Crippen molar-refractivity contribution < 1.29 is 0 Å². The Balaban J connectivity index is 2.61. The van der Waals surface area contributed by atoms with Crippen LogP contribution >= 0.6 is 22.7 Å². The largest absolute Gasteiger partial charge is 0.192 e. The Morgan fingerprint density at radius 3 is 1.56 bits per heavy atom. The van der Waals surface area contributed by atoms with Crippen LogP contribution in [0.25, 0.3) is 11.1 Å². The van der Waals surface area contributed by atoms with E-state index in [1.54, 1.807) is 0 Å². The molecule has 0 aliphatic carbocycles. The van der Waals surface area contributed by atoms with Gasteiger partial charge in [0.2, 0.25) is 0 Å². The van der Waals surface area contributed by atoms with Gasteiger partial charge >= 0.3 is 0 Å². The molecule has 0 unspecified atom stereocenters. The number of rotatable bonds is 2. The summed E-state index contributed by atoms with van der Waals surface area (Å²) in [6.07, 6.45) is 0. The molecule has 0 atom stereocenters. The van der Waals surface area contributed by atoms with E-state index in [-0.39, 0.29) is 0 Å². The molecule has 76 valence electrons. The minimum Gasteiger partial charge on any atom is -0.192 e. The van der Waals surface area contributed by atoms with Crippen molar-refractivity contribution in [2.24, 2.45) is 0 Å². The van der Waals surface area contributed by atoms with Gasteiger partial charge in [-0.2, -0.15) is 33.2 Å². The Bertz CT molecular complexity index is 524. The van der Waals surface area contributed by atoms with Crippen molar-refractivity contribution in [2.45, 2.75) is 0 Å². The minimum atomic E-state index is 0.446. The molecule has 2 nitrogen and oxygen atoms in total. The van der Waals surface area contributed by atoms with Crippen molar-refractivity contribution in [3.63, 3.8) is 0 Å². The number of hydrogen-bond donors (Lipinski definition) is 0. The Morgan fingerprint density at radius 1 is 0.875 bits per heavy atom. The lowest BCUT2D eigenvalue weighted by molar-refractivity contribution is 1.51. The fraction of sp³-hybridized carbons (Fsp3) is 0. The van der Waals surface area contributed by atoms with Gasteiger partial charge in [0.1, 0.15) is 12.1 Å². The Kier molecular flexibility index (Phi) is 3.16. The molecule has 0 fully saturated rings.